The number of rotatable bonds is 2. The fraction of sp³-hybridized carbons (Fsp3) is 0.0833. The second-order valence-corrected chi connectivity index (χ2v) is 3.06. The number of hydrogen-bond donors (Lipinski definition) is 1. The van der Waals surface area contributed by atoms with E-state index in [1.807, 2.05) is 18.3 Å². The third-order valence-electron chi connectivity index (χ3n) is 2.02. The molecule has 0 aromatic carbocycles. The molecule has 0 spiro atoms. The average molecular weight is 184 g/mol. The average Bonchev–Trinajstić information content (AvgIpc) is 2.29. The first-order valence-corrected chi connectivity index (χ1v) is 4.63. The minimum Gasteiger partial charge on any atom is -0.387 e. The van der Waals surface area contributed by atoms with E-state index in [0.29, 0.717) is 0 Å². The highest BCUT2D eigenvalue weighted by molar-refractivity contribution is 5.54. The molecule has 1 N–H and O–H groups in total. The third kappa shape index (κ3) is 2.33. The van der Waals surface area contributed by atoms with Crippen LogP contribution >= 0.6 is 0 Å². The second-order valence-electron chi connectivity index (χ2n) is 3.06. The van der Waals surface area contributed by atoms with Gasteiger partial charge in [-0.05, 0) is 35.5 Å². The van der Waals surface area contributed by atoms with E-state index in [0.717, 1.165) is 6.54 Å². The Morgan fingerprint density at radius 1 is 1.21 bits per heavy atom. The molecule has 1 aliphatic rings. The molecule has 0 aliphatic carbocycles. The van der Waals surface area contributed by atoms with Gasteiger partial charge in [0.1, 0.15) is 0 Å². The van der Waals surface area contributed by atoms with Crippen LogP contribution in [0.5, 0.6) is 0 Å². The minimum absolute atomic E-state index is 0.909. The lowest BCUT2D eigenvalue weighted by atomic mass is 10.1. The van der Waals surface area contributed by atoms with Crippen molar-refractivity contribution in [2.75, 3.05) is 6.54 Å². The molecule has 0 saturated heterocycles. The highest BCUT2D eigenvalue weighted by Crippen LogP contribution is 2.06. The maximum Gasteiger partial charge on any atom is 0.0334 e. The number of nitrogens with zero attached hydrogens (tertiary/aromatic N) is 1. The summed E-state index contributed by atoms with van der Waals surface area (Å²) in [7, 11) is 0. The zero-order valence-corrected chi connectivity index (χ0v) is 7.85. The molecule has 1 aromatic rings. The van der Waals surface area contributed by atoms with Crippen LogP contribution in [0.25, 0.3) is 6.08 Å². The van der Waals surface area contributed by atoms with Crippen LogP contribution in [0, 0.1) is 0 Å². The molecule has 70 valence electrons. The molecular weight excluding hydrogens is 172 g/mol. The Hall–Kier alpha value is -1.83. The maximum atomic E-state index is 3.97. The Morgan fingerprint density at radius 2 is 2.07 bits per heavy atom. The van der Waals surface area contributed by atoms with Crippen LogP contribution in [0.3, 0.4) is 0 Å². The van der Waals surface area contributed by atoms with Crippen molar-refractivity contribution in [2.45, 2.75) is 0 Å². The van der Waals surface area contributed by atoms with Crippen LogP contribution in [0.15, 0.2) is 54.5 Å². The van der Waals surface area contributed by atoms with E-state index in [4.69, 9.17) is 0 Å². The number of nitrogens with one attached hydrogen (secondary N) is 1. The molecule has 2 rings (SSSR count). The molecule has 0 bridgehead atoms. The van der Waals surface area contributed by atoms with Gasteiger partial charge in [0.05, 0.1) is 0 Å². The molecule has 1 aromatic heterocycles. The van der Waals surface area contributed by atoms with E-state index < -0.39 is 0 Å². The van der Waals surface area contributed by atoms with Crippen LogP contribution in [-0.2, 0) is 0 Å². The van der Waals surface area contributed by atoms with Gasteiger partial charge in [0, 0.05) is 18.9 Å². The van der Waals surface area contributed by atoms with Gasteiger partial charge in [-0.3, -0.25) is 4.98 Å². The third-order valence-corrected chi connectivity index (χ3v) is 2.02. The Morgan fingerprint density at radius 3 is 2.79 bits per heavy atom. The van der Waals surface area contributed by atoms with Gasteiger partial charge in [-0.1, -0.05) is 18.2 Å². The van der Waals surface area contributed by atoms with Crippen molar-refractivity contribution in [3.63, 3.8) is 0 Å². The van der Waals surface area contributed by atoms with Crippen molar-refractivity contribution >= 4 is 6.08 Å². The molecule has 1 aliphatic heterocycles. The first-order valence-electron chi connectivity index (χ1n) is 4.63. The molecule has 0 saturated carbocycles. The van der Waals surface area contributed by atoms with E-state index in [-0.39, 0.29) is 0 Å². The van der Waals surface area contributed by atoms with E-state index >= 15 is 0 Å². The quantitative estimate of drug-likeness (QED) is 0.761. The zero-order valence-electron chi connectivity index (χ0n) is 7.85. The van der Waals surface area contributed by atoms with Gasteiger partial charge in [-0.25, -0.2) is 0 Å². The number of pyridine rings is 1. The van der Waals surface area contributed by atoms with E-state index in [1.54, 1.807) is 12.4 Å². The Kier molecular flexibility index (Phi) is 2.76. The van der Waals surface area contributed by atoms with Crippen molar-refractivity contribution in [1.82, 2.24) is 10.3 Å². The van der Waals surface area contributed by atoms with E-state index in [1.165, 1.54) is 11.1 Å². The summed E-state index contributed by atoms with van der Waals surface area (Å²) in [6.07, 6.45) is 14.0. The summed E-state index contributed by atoms with van der Waals surface area (Å²) in [5.74, 6) is 0. The summed E-state index contributed by atoms with van der Waals surface area (Å²) < 4.78 is 0. The molecule has 2 nitrogen and oxygen atoms in total. The fourth-order valence-corrected chi connectivity index (χ4v) is 1.26. The molecule has 2 heterocycles. The highest BCUT2D eigenvalue weighted by atomic mass is 14.8. The number of allylic oxidation sites excluding steroid dienone is 3. The molecule has 0 amide bonds. The Bertz CT molecular complexity index is 375. The van der Waals surface area contributed by atoms with Crippen LogP contribution in [0.2, 0.25) is 0 Å². The molecule has 2 heteroatoms. The van der Waals surface area contributed by atoms with Gasteiger partial charge >= 0.3 is 0 Å². The number of aromatic nitrogens is 1. The van der Waals surface area contributed by atoms with Crippen molar-refractivity contribution in [3.05, 3.63) is 60.1 Å². The van der Waals surface area contributed by atoms with Gasteiger partial charge in [-0.2, -0.15) is 0 Å². The standard InChI is InChI=1S/C12H12N2/c1(11-3-7-13-8-4-11)2-12-5-9-14-10-6-12/h1-9,14H,10H2/b2-1+. The molecule has 0 radical (unpaired) electrons. The molecular formula is C12H12N2. The Balaban J connectivity index is 2.07. The summed E-state index contributed by atoms with van der Waals surface area (Å²) in [4.78, 5) is 3.97. The molecule has 0 atom stereocenters. The largest absolute Gasteiger partial charge is 0.387 e. The molecule has 0 unspecified atom stereocenters. The van der Waals surface area contributed by atoms with Crippen molar-refractivity contribution < 1.29 is 0 Å². The van der Waals surface area contributed by atoms with Crippen molar-refractivity contribution in [2.24, 2.45) is 0 Å². The summed E-state index contributed by atoms with van der Waals surface area (Å²) in [6, 6.07) is 3.98. The van der Waals surface area contributed by atoms with Gasteiger partial charge in [0.15, 0.2) is 0 Å². The predicted molar refractivity (Wildman–Crippen MR) is 58.5 cm³/mol. The Labute approximate surface area is 83.7 Å². The summed E-state index contributed by atoms with van der Waals surface area (Å²) >= 11 is 0. The highest BCUT2D eigenvalue weighted by Gasteiger charge is 1.90. The normalized spacial score (nSPS) is 15.3. The summed E-state index contributed by atoms with van der Waals surface area (Å²) in [6.45, 7) is 0.909. The van der Waals surface area contributed by atoms with Crippen LogP contribution in [0.4, 0.5) is 0 Å². The second kappa shape index (κ2) is 4.42. The molecule has 0 fully saturated rings. The summed E-state index contributed by atoms with van der Waals surface area (Å²) in [5, 5.41) is 3.11. The van der Waals surface area contributed by atoms with E-state index in [9.17, 15) is 0 Å². The fourth-order valence-electron chi connectivity index (χ4n) is 1.26. The topological polar surface area (TPSA) is 24.9 Å². The van der Waals surface area contributed by atoms with Crippen molar-refractivity contribution in [1.29, 1.82) is 0 Å². The smallest absolute Gasteiger partial charge is 0.0334 e. The van der Waals surface area contributed by atoms with Crippen LogP contribution < -0.4 is 5.32 Å². The molecule has 14 heavy (non-hydrogen) atoms. The lowest BCUT2D eigenvalue weighted by Crippen LogP contribution is -2.07. The van der Waals surface area contributed by atoms with Gasteiger partial charge in [0.2, 0.25) is 0 Å². The summed E-state index contributed by atoms with van der Waals surface area (Å²) in [5.41, 5.74) is 2.41. The zero-order chi connectivity index (χ0) is 9.64. The monoisotopic (exact) mass is 184 g/mol. The lowest BCUT2D eigenvalue weighted by Gasteiger charge is -2.03. The lowest BCUT2D eigenvalue weighted by molar-refractivity contribution is 0.964. The van der Waals surface area contributed by atoms with E-state index in [2.05, 4.69) is 34.6 Å². The number of dihydropyridines is 1. The maximum absolute atomic E-state index is 3.97. The number of hydrogen-bond acceptors (Lipinski definition) is 2. The first-order chi connectivity index (χ1) is 6.95. The van der Waals surface area contributed by atoms with Gasteiger partial charge in [-0.15, -0.1) is 0 Å². The predicted octanol–water partition coefficient (Wildman–Crippen LogP) is 2.14. The van der Waals surface area contributed by atoms with Crippen LogP contribution in [0.1, 0.15) is 5.56 Å². The first kappa shape index (κ1) is 8.75. The van der Waals surface area contributed by atoms with Gasteiger partial charge in [0.25, 0.3) is 0 Å². The van der Waals surface area contributed by atoms with Crippen LogP contribution in [-0.4, -0.2) is 11.5 Å². The van der Waals surface area contributed by atoms with Gasteiger partial charge < -0.3 is 5.32 Å². The minimum atomic E-state index is 0.909. The van der Waals surface area contributed by atoms with Crippen molar-refractivity contribution in [3.8, 4) is 0 Å². The SMILES string of the molecule is C1=CC(/C=C/c2ccncc2)=CCN1.